The van der Waals surface area contributed by atoms with Crippen molar-refractivity contribution in [1.82, 2.24) is 16.0 Å². The number of ether oxygens (including phenoxy) is 2. The summed E-state index contributed by atoms with van der Waals surface area (Å²) in [7, 11) is -7.58. The lowest BCUT2D eigenvalue weighted by molar-refractivity contribution is -0.123. The third-order valence-electron chi connectivity index (χ3n) is 10.6. The topological polar surface area (TPSA) is 171 Å². The van der Waals surface area contributed by atoms with Crippen LogP contribution in [-0.4, -0.2) is 82.4 Å². The quantitative estimate of drug-likeness (QED) is 0.0267. The van der Waals surface area contributed by atoms with Gasteiger partial charge in [0.15, 0.2) is 0 Å². The lowest BCUT2D eigenvalue weighted by atomic mass is 9.98. The molecule has 0 radical (unpaired) electrons. The second-order valence-corrected chi connectivity index (χ2v) is 22.3. The molecule has 0 aliphatic heterocycles. The minimum absolute atomic E-state index is 0.00116. The van der Waals surface area contributed by atoms with E-state index in [0.29, 0.717) is 19.3 Å². The van der Waals surface area contributed by atoms with E-state index in [1.807, 2.05) is 109 Å². The van der Waals surface area contributed by atoms with Gasteiger partial charge in [0.25, 0.3) is 8.32 Å². The van der Waals surface area contributed by atoms with Crippen LogP contribution in [-0.2, 0) is 32.4 Å². The zero-order chi connectivity index (χ0) is 44.8. The van der Waals surface area contributed by atoms with Gasteiger partial charge in [0.05, 0.1) is 19.8 Å². The molecule has 0 aromatic heterocycles. The number of phosphoric ester groups is 1. The molecule has 4 aromatic carbocycles. The Bertz CT molecular complexity index is 2080. The number of alkyl carbamates (subject to hydrolysis) is 2. The van der Waals surface area contributed by atoms with Gasteiger partial charge >= 0.3 is 20.0 Å². The first-order chi connectivity index (χ1) is 29.6. The van der Waals surface area contributed by atoms with E-state index in [-0.39, 0.29) is 38.8 Å². The molecule has 1 aliphatic carbocycles. The predicted molar refractivity (Wildman–Crippen MR) is 243 cm³/mol. The van der Waals surface area contributed by atoms with Gasteiger partial charge in [-0.2, -0.15) is 0 Å². The molecule has 0 spiro atoms. The Hall–Kier alpha value is -5.08. The van der Waals surface area contributed by atoms with Gasteiger partial charge in [-0.15, -0.1) is 6.58 Å². The largest absolute Gasteiger partial charge is 0.475 e. The van der Waals surface area contributed by atoms with E-state index >= 15 is 0 Å². The number of phosphoric acid groups is 1. The molecule has 1 aliphatic rings. The Morgan fingerprint density at radius 1 is 0.758 bits per heavy atom. The van der Waals surface area contributed by atoms with Crippen molar-refractivity contribution >= 4 is 44.6 Å². The van der Waals surface area contributed by atoms with Gasteiger partial charge < -0.3 is 30.2 Å². The smallest absolute Gasteiger partial charge is 0.449 e. The van der Waals surface area contributed by atoms with E-state index in [1.165, 1.54) is 6.08 Å². The number of unbranched alkanes of at least 4 members (excludes halogenated alkanes) is 1. The SMILES string of the molecule is C=CCOP(=O)(OCCNC(=O)OC(C)(C)C)OCC(NC(=O)OCC1c2ccccc2-c2ccccc21)C(=O)NCCCCC(C)(C)[Si](O)(c1ccccc1)c1ccccc1. The van der Waals surface area contributed by atoms with Crippen molar-refractivity contribution in [3.63, 3.8) is 0 Å². The number of benzene rings is 4. The van der Waals surface area contributed by atoms with E-state index in [2.05, 4.69) is 36.4 Å². The number of hydrogen-bond acceptors (Lipinski definition) is 10. The maximum atomic E-state index is 13.8. The molecule has 2 atom stereocenters. The average Bonchev–Trinajstić information content (AvgIpc) is 3.58. The third-order valence-corrected chi connectivity index (χ3v) is 16.6. The molecule has 62 heavy (non-hydrogen) atoms. The van der Waals surface area contributed by atoms with E-state index < -0.39 is 57.5 Å². The van der Waals surface area contributed by atoms with Crippen molar-refractivity contribution in [2.24, 2.45) is 0 Å². The zero-order valence-electron chi connectivity index (χ0n) is 36.3. The number of carbonyl (C=O) groups excluding carboxylic acids is 3. The van der Waals surface area contributed by atoms with E-state index in [9.17, 15) is 23.7 Å². The number of rotatable bonds is 22. The van der Waals surface area contributed by atoms with Gasteiger partial charge in [-0.25, -0.2) is 14.2 Å². The molecule has 2 unspecified atom stereocenters. The summed E-state index contributed by atoms with van der Waals surface area (Å²) in [6.45, 7) is 12.0. The van der Waals surface area contributed by atoms with Gasteiger partial charge in [0.2, 0.25) is 5.91 Å². The third kappa shape index (κ3) is 12.7. The van der Waals surface area contributed by atoms with Crippen LogP contribution in [0.3, 0.4) is 0 Å². The fourth-order valence-electron chi connectivity index (χ4n) is 7.53. The lowest BCUT2D eigenvalue weighted by Gasteiger charge is -2.41. The summed E-state index contributed by atoms with van der Waals surface area (Å²) in [4.78, 5) is 51.9. The fourth-order valence-corrected chi connectivity index (χ4v) is 12.5. The van der Waals surface area contributed by atoms with Crippen LogP contribution in [0.15, 0.2) is 122 Å². The highest BCUT2D eigenvalue weighted by atomic mass is 31.2. The number of amides is 3. The van der Waals surface area contributed by atoms with Gasteiger partial charge in [0, 0.05) is 19.0 Å². The number of hydrogen-bond donors (Lipinski definition) is 4. The van der Waals surface area contributed by atoms with Crippen LogP contribution in [0.5, 0.6) is 0 Å². The maximum absolute atomic E-state index is 13.8. The predicted octanol–water partition coefficient (Wildman–Crippen LogP) is 7.58. The molecule has 0 saturated carbocycles. The zero-order valence-corrected chi connectivity index (χ0v) is 38.2. The summed E-state index contributed by atoms with van der Waals surface area (Å²) in [5, 5.41) is 9.34. The average molecular weight is 886 g/mol. The molecule has 15 heteroatoms. The van der Waals surface area contributed by atoms with Crippen molar-refractivity contribution in [3.8, 4) is 11.1 Å². The van der Waals surface area contributed by atoms with E-state index in [4.69, 9.17) is 23.0 Å². The standard InChI is InChI=1S/C47H60N3O10PSi/c1-7-31-57-61(54,58-32-30-49-44(52)60-46(2,3)4)59-34-42(50-45(53)56-33-41-39-26-16-14-24-37(39)38-25-15-17-27-40(38)41)43(51)48-29-19-18-28-47(5,6)62(55,35-20-10-8-11-21-35)36-22-12-9-13-23-36/h7-17,20-27,41-42,55H,1,18-19,28-34H2,2-6H3,(H,48,51)(H,49,52)(H,50,53). The van der Waals surface area contributed by atoms with E-state index in [0.717, 1.165) is 32.6 Å². The van der Waals surface area contributed by atoms with Crippen molar-refractivity contribution in [2.45, 2.75) is 76.5 Å². The highest BCUT2D eigenvalue weighted by Crippen LogP contribution is 2.49. The van der Waals surface area contributed by atoms with Crippen LogP contribution in [0.1, 0.15) is 70.9 Å². The van der Waals surface area contributed by atoms with E-state index in [1.54, 1.807) is 20.8 Å². The summed E-state index contributed by atoms with van der Waals surface area (Å²) in [6.07, 6.45) is 1.69. The molecule has 0 bridgehead atoms. The second kappa shape index (κ2) is 21.8. The number of fused-ring (bicyclic) bond motifs is 3. The molecule has 3 amide bonds. The Morgan fingerprint density at radius 2 is 1.32 bits per heavy atom. The molecule has 4 aromatic rings. The summed E-state index contributed by atoms with van der Waals surface area (Å²) < 4.78 is 41.2. The van der Waals surface area contributed by atoms with Crippen LogP contribution in [0.2, 0.25) is 5.04 Å². The Kier molecular flexibility index (Phi) is 16.9. The molecule has 4 N–H and O–H groups in total. The Morgan fingerprint density at radius 3 is 1.89 bits per heavy atom. The first kappa shape index (κ1) is 48.0. The first-order valence-corrected chi connectivity index (χ1v) is 24.3. The highest BCUT2D eigenvalue weighted by Gasteiger charge is 2.49. The summed E-state index contributed by atoms with van der Waals surface area (Å²) in [5.41, 5.74) is 3.45. The Balaban J connectivity index is 1.23. The molecule has 5 rings (SSSR count). The molecule has 0 heterocycles. The molecule has 0 saturated heterocycles. The minimum atomic E-state index is -4.36. The fraction of sp³-hybridized carbons (Fsp3) is 0.383. The van der Waals surface area contributed by atoms with Crippen molar-refractivity contribution in [3.05, 3.63) is 133 Å². The van der Waals surface area contributed by atoms with Crippen LogP contribution < -0.4 is 26.3 Å². The van der Waals surface area contributed by atoms with Gasteiger partial charge in [-0.3, -0.25) is 18.4 Å². The lowest BCUT2D eigenvalue weighted by Crippen LogP contribution is -2.65. The summed E-state index contributed by atoms with van der Waals surface area (Å²) in [5.74, 6) is -0.834. The van der Waals surface area contributed by atoms with Crippen molar-refractivity contribution < 1.29 is 46.8 Å². The minimum Gasteiger partial charge on any atom is -0.449 e. The summed E-state index contributed by atoms with van der Waals surface area (Å²) >= 11 is 0. The Labute approximate surface area is 366 Å². The number of nitrogens with one attached hydrogen (secondary N) is 3. The van der Waals surface area contributed by atoms with Gasteiger partial charge in [0.1, 0.15) is 18.2 Å². The van der Waals surface area contributed by atoms with Gasteiger partial charge in [-0.05, 0) is 71.3 Å². The molecule has 13 nitrogen and oxygen atoms in total. The molecular weight excluding hydrogens is 826 g/mol. The van der Waals surface area contributed by atoms with Crippen LogP contribution in [0.25, 0.3) is 11.1 Å². The summed E-state index contributed by atoms with van der Waals surface area (Å²) in [6, 6.07) is 34.1. The van der Waals surface area contributed by atoms with Crippen LogP contribution in [0.4, 0.5) is 9.59 Å². The maximum Gasteiger partial charge on any atom is 0.475 e. The van der Waals surface area contributed by atoms with Gasteiger partial charge in [-0.1, -0.05) is 136 Å². The molecular formula is C47H60N3O10PSi. The van der Waals surface area contributed by atoms with Crippen LogP contribution in [0, 0.1) is 0 Å². The monoisotopic (exact) mass is 885 g/mol. The number of carbonyl (C=O) groups is 3. The second-order valence-electron chi connectivity index (χ2n) is 16.7. The first-order valence-electron chi connectivity index (χ1n) is 20.9. The normalized spacial score (nSPS) is 14.1. The molecule has 0 fully saturated rings. The van der Waals surface area contributed by atoms with Crippen molar-refractivity contribution in [1.29, 1.82) is 0 Å². The van der Waals surface area contributed by atoms with Crippen molar-refractivity contribution in [2.75, 3.05) is 39.5 Å². The van der Waals surface area contributed by atoms with Crippen LogP contribution >= 0.6 is 7.82 Å². The highest BCUT2D eigenvalue weighted by molar-refractivity contribution is 7.48. The molecule has 332 valence electrons.